The molecular formula is C16H24O. The second-order valence-electron chi connectivity index (χ2n) is 5.28. The van der Waals surface area contributed by atoms with Gasteiger partial charge in [0.25, 0.3) is 0 Å². The fourth-order valence-electron chi connectivity index (χ4n) is 3.07. The number of benzene rings is 1. The monoisotopic (exact) mass is 232 g/mol. The van der Waals surface area contributed by atoms with Gasteiger partial charge in [-0.3, -0.25) is 0 Å². The molecule has 0 heterocycles. The maximum atomic E-state index is 5.21. The van der Waals surface area contributed by atoms with E-state index in [2.05, 4.69) is 31.2 Å². The lowest BCUT2D eigenvalue weighted by atomic mass is 9.77. The third-order valence-electron chi connectivity index (χ3n) is 4.13. The summed E-state index contributed by atoms with van der Waals surface area (Å²) in [6, 6.07) is 8.66. The summed E-state index contributed by atoms with van der Waals surface area (Å²) >= 11 is 0. The standard InChI is InChI=1S/C16H24O/c1-3-4-13-5-7-14(8-6-13)15-9-11-16(17-2)12-10-15/h9-14H,3-8H2,1-2H3/t13-,14-. The summed E-state index contributed by atoms with van der Waals surface area (Å²) in [5.74, 6) is 2.75. The summed E-state index contributed by atoms with van der Waals surface area (Å²) in [5, 5.41) is 0. The largest absolute Gasteiger partial charge is 0.497 e. The highest BCUT2D eigenvalue weighted by atomic mass is 16.5. The average Bonchev–Trinajstić information content (AvgIpc) is 2.40. The lowest BCUT2D eigenvalue weighted by Gasteiger charge is -2.28. The highest BCUT2D eigenvalue weighted by Gasteiger charge is 2.21. The van der Waals surface area contributed by atoms with E-state index in [1.807, 2.05) is 0 Å². The second-order valence-corrected chi connectivity index (χ2v) is 5.28. The van der Waals surface area contributed by atoms with Gasteiger partial charge in [-0.2, -0.15) is 0 Å². The number of methoxy groups -OCH3 is 1. The molecule has 2 rings (SSSR count). The first-order valence-electron chi connectivity index (χ1n) is 6.97. The predicted octanol–water partition coefficient (Wildman–Crippen LogP) is 4.77. The van der Waals surface area contributed by atoms with Crippen molar-refractivity contribution in [2.75, 3.05) is 7.11 Å². The highest BCUT2D eigenvalue weighted by Crippen LogP contribution is 2.37. The molecule has 1 aliphatic rings. The Hall–Kier alpha value is -0.980. The average molecular weight is 232 g/mol. The first-order valence-corrected chi connectivity index (χ1v) is 6.97. The van der Waals surface area contributed by atoms with Gasteiger partial charge in [0.15, 0.2) is 0 Å². The first kappa shape index (κ1) is 12.5. The van der Waals surface area contributed by atoms with Crippen LogP contribution in [0.5, 0.6) is 5.75 Å². The molecule has 17 heavy (non-hydrogen) atoms. The lowest BCUT2D eigenvalue weighted by Crippen LogP contribution is -2.13. The van der Waals surface area contributed by atoms with Crippen LogP contribution in [-0.4, -0.2) is 7.11 Å². The van der Waals surface area contributed by atoms with E-state index in [4.69, 9.17) is 4.74 Å². The first-order chi connectivity index (χ1) is 8.33. The van der Waals surface area contributed by atoms with Crippen LogP contribution >= 0.6 is 0 Å². The summed E-state index contributed by atoms with van der Waals surface area (Å²) in [5.41, 5.74) is 1.50. The highest BCUT2D eigenvalue weighted by molar-refractivity contribution is 5.29. The van der Waals surface area contributed by atoms with Crippen molar-refractivity contribution in [3.8, 4) is 5.75 Å². The van der Waals surface area contributed by atoms with Gasteiger partial charge in [-0.05, 0) is 55.2 Å². The molecule has 0 bridgehead atoms. The van der Waals surface area contributed by atoms with Gasteiger partial charge < -0.3 is 4.74 Å². The molecule has 94 valence electrons. The third kappa shape index (κ3) is 3.24. The van der Waals surface area contributed by atoms with E-state index in [0.29, 0.717) is 0 Å². The maximum Gasteiger partial charge on any atom is 0.118 e. The molecule has 1 nitrogen and oxygen atoms in total. The minimum absolute atomic E-state index is 0.786. The zero-order chi connectivity index (χ0) is 12.1. The molecule has 0 aliphatic heterocycles. The zero-order valence-corrected chi connectivity index (χ0v) is 11.1. The van der Waals surface area contributed by atoms with Gasteiger partial charge in [-0.1, -0.05) is 31.9 Å². The van der Waals surface area contributed by atoms with Gasteiger partial charge in [0.05, 0.1) is 7.11 Å². The molecule has 0 N–H and O–H groups in total. The quantitative estimate of drug-likeness (QED) is 0.726. The van der Waals surface area contributed by atoms with Crippen LogP contribution in [0.15, 0.2) is 24.3 Å². The Labute approximate surface area is 105 Å². The molecule has 1 aromatic rings. The molecule has 0 spiro atoms. The van der Waals surface area contributed by atoms with Crippen molar-refractivity contribution in [3.63, 3.8) is 0 Å². The summed E-state index contributed by atoms with van der Waals surface area (Å²) in [4.78, 5) is 0. The Morgan fingerprint density at radius 3 is 2.24 bits per heavy atom. The topological polar surface area (TPSA) is 9.23 Å². The predicted molar refractivity (Wildman–Crippen MR) is 72.6 cm³/mol. The number of hydrogen-bond acceptors (Lipinski definition) is 1. The molecule has 1 aromatic carbocycles. The van der Waals surface area contributed by atoms with Gasteiger partial charge >= 0.3 is 0 Å². The van der Waals surface area contributed by atoms with Crippen molar-refractivity contribution in [1.29, 1.82) is 0 Å². The van der Waals surface area contributed by atoms with E-state index in [1.54, 1.807) is 7.11 Å². The van der Waals surface area contributed by atoms with Gasteiger partial charge in [-0.15, -0.1) is 0 Å². The third-order valence-corrected chi connectivity index (χ3v) is 4.13. The maximum absolute atomic E-state index is 5.21. The molecular weight excluding hydrogens is 208 g/mol. The molecule has 0 radical (unpaired) electrons. The normalized spacial score (nSPS) is 24.6. The zero-order valence-electron chi connectivity index (χ0n) is 11.1. The van der Waals surface area contributed by atoms with E-state index < -0.39 is 0 Å². The lowest BCUT2D eigenvalue weighted by molar-refractivity contribution is 0.308. The molecule has 0 aromatic heterocycles. The van der Waals surface area contributed by atoms with E-state index in [9.17, 15) is 0 Å². The Balaban J connectivity index is 1.91. The van der Waals surface area contributed by atoms with Crippen molar-refractivity contribution in [2.45, 2.75) is 51.4 Å². The smallest absolute Gasteiger partial charge is 0.118 e. The van der Waals surface area contributed by atoms with Crippen LogP contribution < -0.4 is 4.74 Å². The Morgan fingerprint density at radius 1 is 1.06 bits per heavy atom. The summed E-state index contributed by atoms with van der Waals surface area (Å²) in [7, 11) is 1.73. The molecule has 0 atom stereocenters. The van der Waals surface area contributed by atoms with Crippen LogP contribution in [0.25, 0.3) is 0 Å². The fourth-order valence-corrected chi connectivity index (χ4v) is 3.07. The minimum atomic E-state index is 0.786. The molecule has 0 unspecified atom stereocenters. The molecule has 1 aliphatic carbocycles. The number of ether oxygens (including phenoxy) is 1. The van der Waals surface area contributed by atoms with E-state index >= 15 is 0 Å². The summed E-state index contributed by atoms with van der Waals surface area (Å²) in [6.07, 6.45) is 8.36. The SMILES string of the molecule is CCC[C@H]1CC[C@H](c2ccc(OC)cc2)CC1. The number of rotatable bonds is 4. The van der Waals surface area contributed by atoms with E-state index in [-0.39, 0.29) is 0 Å². The molecule has 1 saturated carbocycles. The van der Waals surface area contributed by atoms with E-state index in [0.717, 1.165) is 17.6 Å². The fraction of sp³-hybridized carbons (Fsp3) is 0.625. The number of hydrogen-bond donors (Lipinski definition) is 0. The van der Waals surface area contributed by atoms with Gasteiger partial charge in [0.1, 0.15) is 5.75 Å². The van der Waals surface area contributed by atoms with Crippen molar-refractivity contribution < 1.29 is 4.74 Å². The van der Waals surface area contributed by atoms with Gasteiger partial charge in [-0.25, -0.2) is 0 Å². The Morgan fingerprint density at radius 2 is 1.71 bits per heavy atom. The van der Waals surface area contributed by atoms with Crippen LogP contribution in [0, 0.1) is 5.92 Å². The van der Waals surface area contributed by atoms with Crippen LogP contribution in [-0.2, 0) is 0 Å². The van der Waals surface area contributed by atoms with Gasteiger partial charge in [0, 0.05) is 0 Å². The van der Waals surface area contributed by atoms with Crippen molar-refractivity contribution in [3.05, 3.63) is 29.8 Å². The van der Waals surface area contributed by atoms with Crippen LogP contribution in [0.1, 0.15) is 56.9 Å². The summed E-state index contributed by atoms with van der Waals surface area (Å²) in [6.45, 7) is 2.30. The van der Waals surface area contributed by atoms with E-state index in [1.165, 1.54) is 44.1 Å². The molecule has 1 fully saturated rings. The van der Waals surface area contributed by atoms with Crippen molar-refractivity contribution in [2.24, 2.45) is 5.92 Å². The molecule has 1 heteroatoms. The van der Waals surface area contributed by atoms with Crippen LogP contribution in [0.3, 0.4) is 0 Å². The second kappa shape index (κ2) is 6.09. The Bertz CT molecular complexity index is 320. The van der Waals surface area contributed by atoms with Gasteiger partial charge in [0.2, 0.25) is 0 Å². The van der Waals surface area contributed by atoms with Crippen LogP contribution in [0.2, 0.25) is 0 Å². The van der Waals surface area contributed by atoms with Crippen molar-refractivity contribution in [1.82, 2.24) is 0 Å². The van der Waals surface area contributed by atoms with Crippen LogP contribution in [0.4, 0.5) is 0 Å². The van der Waals surface area contributed by atoms with Crippen molar-refractivity contribution >= 4 is 0 Å². The molecule has 0 amide bonds. The summed E-state index contributed by atoms with van der Waals surface area (Å²) < 4.78 is 5.21. The molecule has 0 saturated heterocycles. The Kier molecular flexibility index (Phi) is 4.47. The minimum Gasteiger partial charge on any atom is -0.497 e.